The first kappa shape index (κ1) is 17.9. The first-order chi connectivity index (χ1) is 11.0. The molecule has 0 unspecified atom stereocenters. The highest BCUT2D eigenvalue weighted by atomic mass is 35.5. The number of hydrogen-bond acceptors (Lipinski definition) is 4. The molecule has 0 aliphatic carbocycles. The monoisotopic (exact) mass is 339 g/mol. The van der Waals surface area contributed by atoms with Crippen LogP contribution in [0.1, 0.15) is 36.5 Å². The lowest BCUT2D eigenvalue weighted by atomic mass is 9.99. The average Bonchev–Trinajstić information content (AvgIpc) is 2.55. The molecule has 0 saturated carbocycles. The van der Waals surface area contributed by atoms with Crippen molar-refractivity contribution < 1.29 is 9.53 Å². The Bertz CT molecular complexity index is 543. The zero-order valence-electron chi connectivity index (χ0n) is 13.9. The lowest BCUT2D eigenvalue weighted by molar-refractivity contribution is 0.0947. The van der Waals surface area contributed by atoms with Gasteiger partial charge in [0, 0.05) is 12.6 Å². The molecule has 1 heterocycles. The van der Waals surface area contributed by atoms with E-state index in [9.17, 15) is 4.79 Å². The van der Waals surface area contributed by atoms with Gasteiger partial charge in [-0.25, -0.2) is 0 Å². The van der Waals surface area contributed by atoms with Gasteiger partial charge in [-0.15, -0.1) is 0 Å². The van der Waals surface area contributed by atoms with Crippen LogP contribution >= 0.6 is 11.6 Å². The summed E-state index contributed by atoms with van der Waals surface area (Å²) in [7, 11) is 1.51. The van der Waals surface area contributed by atoms with E-state index in [1.54, 1.807) is 12.1 Å². The van der Waals surface area contributed by atoms with E-state index < -0.39 is 0 Å². The van der Waals surface area contributed by atoms with E-state index in [4.69, 9.17) is 22.1 Å². The SMILES string of the molecule is COc1cc(N)c(Cl)cc1C(=O)NCCCN1CCC(C)CC1. The van der Waals surface area contributed by atoms with E-state index in [0.717, 1.165) is 32.0 Å². The summed E-state index contributed by atoms with van der Waals surface area (Å²) in [5.41, 5.74) is 6.55. The van der Waals surface area contributed by atoms with Gasteiger partial charge in [0.1, 0.15) is 5.75 Å². The molecule has 1 aromatic rings. The number of halogens is 1. The van der Waals surface area contributed by atoms with E-state index in [2.05, 4.69) is 17.1 Å². The van der Waals surface area contributed by atoms with Crippen LogP contribution in [0, 0.1) is 5.92 Å². The number of likely N-dealkylation sites (tertiary alicyclic amines) is 1. The number of benzene rings is 1. The predicted octanol–water partition coefficient (Wildman–Crippen LogP) is 2.78. The van der Waals surface area contributed by atoms with Crippen LogP contribution in [-0.2, 0) is 0 Å². The number of carbonyl (C=O) groups is 1. The second-order valence-electron chi connectivity index (χ2n) is 6.21. The normalized spacial score (nSPS) is 16.3. The Morgan fingerprint density at radius 2 is 2.13 bits per heavy atom. The van der Waals surface area contributed by atoms with Gasteiger partial charge in [-0.1, -0.05) is 18.5 Å². The molecule has 1 fully saturated rings. The first-order valence-corrected chi connectivity index (χ1v) is 8.52. The zero-order chi connectivity index (χ0) is 16.8. The number of piperidine rings is 1. The highest BCUT2D eigenvalue weighted by molar-refractivity contribution is 6.33. The number of hydrogen-bond donors (Lipinski definition) is 2. The third kappa shape index (κ3) is 5.01. The number of nitrogens with zero attached hydrogens (tertiary/aromatic N) is 1. The molecule has 0 bridgehead atoms. The summed E-state index contributed by atoms with van der Waals surface area (Å²) in [5, 5.41) is 3.28. The highest BCUT2D eigenvalue weighted by Gasteiger charge is 2.16. The van der Waals surface area contributed by atoms with Gasteiger partial charge in [0.15, 0.2) is 0 Å². The topological polar surface area (TPSA) is 67.6 Å². The van der Waals surface area contributed by atoms with Crippen molar-refractivity contribution in [3.05, 3.63) is 22.7 Å². The van der Waals surface area contributed by atoms with Crippen LogP contribution in [0.5, 0.6) is 5.75 Å². The summed E-state index contributed by atoms with van der Waals surface area (Å²) >= 11 is 5.99. The fourth-order valence-corrected chi connectivity index (χ4v) is 2.96. The highest BCUT2D eigenvalue weighted by Crippen LogP contribution is 2.28. The van der Waals surface area contributed by atoms with Crippen molar-refractivity contribution in [3.63, 3.8) is 0 Å². The Hall–Kier alpha value is -1.46. The molecular formula is C17H26ClN3O2. The first-order valence-electron chi connectivity index (χ1n) is 8.14. The second kappa shape index (κ2) is 8.41. The van der Waals surface area contributed by atoms with Crippen molar-refractivity contribution in [1.82, 2.24) is 10.2 Å². The van der Waals surface area contributed by atoms with Crippen molar-refractivity contribution >= 4 is 23.2 Å². The van der Waals surface area contributed by atoms with Gasteiger partial charge < -0.3 is 20.7 Å². The summed E-state index contributed by atoms with van der Waals surface area (Å²) in [6, 6.07) is 3.13. The standard InChI is InChI=1S/C17H26ClN3O2/c1-12-4-8-21(9-5-12)7-3-6-20-17(22)13-10-14(18)15(19)11-16(13)23-2/h10-12H,3-9,19H2,1-2H3,(H,20,22). The molecule has 23 heavy (non-hydrogen) atoms. The van der Waals surface area contributed by atoms with Crippen molar-refractivity contribution in [3.8, 4) is 5.75 Å². The fraction of sp³-hybridized carbons (Fsp3) is 0.588. The van der Waals surface area contributed by atoms with Gasteiger partial charge in [0.25, 0.3) is 5.91 Å². The van der Waals surface area contributed by atoms with Gasteiger partial charge >= 0.3 is 0 Å². The minimum absolute atomic E-state index is 0.184. The minimum atomic E-state index is -0.184. The number of nitrogens with one attached hydrogen (secondary N) is 1. The summed E-state index contributed by atoms with van der Waals surface area (Å²) in [5.74, 6) is 1.10. The fourth-order valence-electron chi connectivity index (χ4n) is 2.80. The molecule has 1 aromatic carbocycles. The average molecular weight is 340 g/mol. The van der Waals surface area contributed by atoms with Crippen LogP contribution in [0.4, 0.5) is 5.69 Å². The predicted molar refractivity (Wildman–Crippen MR) is 94.2 cm³/mol. The molecule has 1 aliphatic rings. The third-order valence-electron chi connectivity index (χ3n) is 4.38. The van der Waals surface area contributed by atoms with Crippen molar-refractivity contribution in [2.24, 2.45) is 5.92 Å². The lowest BCUT2D eigenvalue weighted by Gasteiger charge is -2.30. The van der Waals surface area contributed by atoms with Gasteiger partial charge in [0.2, 0.25) is 0 Å². The quantitative estimate of drug-likeness (QED) is 0.617. The maximum Gasteiger partial charge on any atom is 0.255 e. The van der Waals surface area contributed by atoms with Crippen molar-refractivity contribution in [2.75, 3.05) is 39.0 Å². The van der Waals surface area contributed by atoms with Crippen molar-refractivity contribution in [1.29, 1.82) is 0 Å². The molecule has 1 saturated heterocycles. The summed E-state index contributed by atoms with van der Waals surface area (Å²) in [6.45, 7) is 6.29. The van der Waals surface area contributed by atoms with E-state index in [1.165, 1.54) is 20.0 Å². The van der Waals surface area contributed by atoms with Crippen LogP contribution in [0.3, 0.4) is 0 Å². The molecule has 0 aromatic heterocycles. The molecule has 6 heteroatoms. The molecular weight excluding hydrogens is 314 g/mol. The number of rotatable bonds is 6. The van der Waals surface area contributed by atoms with Gasteiger partial charge in [0.05, 0.1) is 23.4 Å². The number of nitrogens with two attached hydrogens (primary N) is 1. The number of ether oxygens (including phenoxy) is 1. The van der Waals surface area contributed by atoms with Gasteiger partial charge in [-0.05, 0) is 50.9 Å². The van der Waals surface area contributed by atoms with Gasteiger partial charge in [-0.3, -0.25) is 4.79 Å². The molecule has 1 amide bonds. The Morgan fingerprint density at radius 1 is 1.43 bits per heavy atom. The third-order valence-corrected chi connectivity index (χ3v) is 4.70. The number of methoxy groups -OCH3 is 1. The van der Waals surface area contributed by atoms with Gasteiger partial charge in [-0.2, -0.15) is 0 Å². The number of nitrogen functional groups attached to an aromatic ring is 1. The van der Waals surface area contributed by atoms with Crippen LogP contribution in [0.15, 0.2) is 12.1 Å². The minimum Gasteiger partial charge on any atom is -0.496 e. The Morgan fingerprint density at radius 3 is 2.78 bits per heavy atom. The summed E-state index contributed by atoms with van der Waals surface area (Å²) in [6.07, 6.45) is 3.48. The lowest BCUT2D eigenvalue weighted by Crippen LogP contribution is -2.35. The molecule has 3 N–H and O–H groups in total. The van der Waals surface area contributed by atoms with E-state index in [0.29, 0.717) is 28.6 Å². The van der Waals surface area contributed by atoms with Crippen molar-refractivity contribution in [2.45, 2.75) is 26.2 Å². The molecule has 128 valence electrons. The van der Waals surface area contributed by atoms with Crippen LogP contribution < -0.4 is 15.8 Å². The number of amides is 1. The maximum absolute atomic E-state index is 12.3. The summed E-state index contributed by atoms with van der Waals surface area (Å²) in [4.78, 5) is 14.7. The number of anilines is 1. The second-order valence-corrected chi connectivity index (χ2v) is 6.61. The molecule has 1 aliphatic heterocycles. The van der Waals surface area contributed by atoms with Crippen LogP contribution in [0.25, 0.3) is 0 Å². The van der Waals surface area contributed by atoms with E-state index >= 15 is 0 Å². The Balaban J connectivity index is 1.80. The number of carbonyl (C=O) groups excluding carboxylic acids is 1. The molecule has 0 spiro atoms. The largest absolute Gasteiger partial charge is 0.496 e. The molecule has 0 radical (unpaired) electrons. The summed E-state index contributed by atoms with van der Waals surface area (Å²) < 4.78 is 5.21. The molecule has 0 atom stereocenters. The maximum atomic E-state index is 12.3. The smallest absolute Gasteiger partial charge is 0.255 e. The Kier molecular flexibility index (Phi) is 6.54. The van der Waals surface area contributed by atoms with E-state index in [-0.39, 0.29) is 5.91 Å². The van der Waals surface area contributed by atoms with Crippen LogP contribution in [-0.4, -0.2) is 44.1 Å². The molecule has 2 rings (SSSR count). The Labute approximate surface area is 143 Å². The van der Waals surface area contributed by atoms with E-state index in [1.807, 2.05) is 0 Å². The van der Waals surface area contributed by atoms with Crippen LogP contribution in [0.2, 0.25) is 5.02 Å². The zero-order valence-corrected chi connectivity index (χ0v) is 14.7. The molecule has 5 nitrogen and oxygen atoms in total.